The molecule has 0 radical (unpaired) electrons. The van der Waals surface area contributed by atoms with Gasteiger partial charge in [-0.2, -0.15) is 0 Å². The van der Waals surface area contributed by atoms with Crippen LogP contribution in [0.4, 0.5) is 0 Å². The third-order valence-electron chi connectivity index (χ3n) is 3.29. The van der Waals surface area contributed by atoms with E-state index in [2.05, 4.69) is 31.9 Å². The molecule has 0 bridgehead atoms. The number of hydrogen-bond acceptors (Lipinski definition) is 3. The van der Waals surface area contributed by atoms with Crippen LogP contribution in [0.25, 0.3) is 22.3 Å². The van der Waals surface area contributed by atoms with Crippen LogP contribution in [0.1, 0.15) is 5.56 Å². The topological polar surface area (TPSA) is 47.3 Å². The van der Waals surface area contributed by atoms with Gasteiger partial charge in [0.2, 0.25) is 5.43 Å². The molecule has 1 aromatic heterocycles. The molecule has 3 rings (SSSR count). The Labute approximate surface area is 142 Å². The van der Waals surface area contributed by atoms with Crippen LogP contribution < -0.4 is 10.9 Å². The van der Waals surface area contributed by atoms with Gasteiger partial charge in [0.15, 0.2) is 11.0 Å². The van der Waals surface area contributed by atoms with Crippen molar-refractivity contribution in [3.05, 3.63) is 77.4 Å². The van der Waals surface area contributed by atoms with Gasteiger partial charge in [-0.1, -0.05) is 45.8 Å². The predicted octanol–water partition coefficient (Wildman–Crippen LogP) is 4.65. The summed E-state index contributed by atoms with van der Waals surface area (Å²) in [5.41, 5.74) is 1.30. The van der Waals surface area contributed by atoms with Gasteiger partial charge in [0.1, 0.15) is 5.76 Å². The van der Waals surface area contributed by atoms with Gasteiger partial charge in [-0.25, -0.2) is 0 Å². The maximum absolute atomic E-state index is 12.4. The first-order valence-electron chi connectivity index (χ1n) is 6.50. The van der Waals surface area contributed by atoms with Gasteiger partial charge in [0, 0.05) is 16.1 Å². The average molecular weight is 422 g/mol. The molecule has 0 aliphatic rings. The van der Waals surface area contributed by atoms with Gasteiger partial charge in [0.25, 0.3) is 0 Å². The van der Waals surface area contributed by atoms with Crippen LogP contribution in [0.3, 0.4) is 0 Å². The molecule has 0 unspecified atom stereocenters. The lowest BCUT2D eigenvalue weighted by Gasteiger charge is -2.02. The van der Waals surface area contributed by atoms with Gasteiger partial charge >= 0.3 is 0 Å². The molecule has 0 saturated heterocycles. The monoisotopic (exact) mass is 420 g/mol. The molecule has 110 valence electrons. The van der Waals surface area contributed by atoms with Crippen molar-refractivity contribution < 1.29 is 4.42 Å². The maximum Gasteiger partial charge on any atom is 0.235 e. The summed E-state index contributed by atoms with van der Waals surface area (Å²) in [4.78, 5) is 24.7. The Morgan fingerprint density at radius 3 is 2.32 bits per heavy atom. The first-order valence-corrected chi connectivity index (χ1v) is 8.08. The normalized spacial score (nSPS) is 10.9. The van der Waals surface area contributed by atoms with Crippen molar-refractivity contribution in [2.24, 2.45) is 0 Å². The second kappa shape index (κ2) is 5.82. The lowest BCUT2D eigenvalue weighted by Crippen LogP contribution is -2.06. The second-order valence-corrected chi connectivity index (χ2v) is 6.70. The molecule has 0 spiro atoms. The Morgan fingerprint density at radius 1 is 0.955 bits per heavy atom. The molecule has 2 aromatic carbocycles. The Bertz CT molecular complexity index is 989. The number of hydrogen-bond donors (Lipinski definition) is 0. The highest BCUT2D eigenvalue weighted by atomic mass is 79.9. The second-order valence-electron chi connectivity index (χ2n) is 4.93. The van der Waals surface area contributed by atoms with E-state index in [0.717, 1.165) is 11.1 Å². The minimum atomic E-state index is -0.355. The molecular formula is C17H10Br2O3. The van der Waals surface area contributed by atoms with Crippen molar-refractivity contribution in [2.45, 2.75) is 6.92 Å². The highest BCUT2D eigenvalue weighted by molar-refractivity contribution is 9.11. The molecule has 0 aliphatic carbocycles. The summed E-state index contributed by atoms with van der Waals surface area (Å²) >= 11 is 6.51. The summed E-state index contributed by atoms with van der Waals surface area (Å²) in [6.45, 7) is 1.98. The molecule has 1 heterocycles. The van der Waals surface area contributed by atoms with E-state index in [1.165, 1.54) is 6.07 Å². The third-order valence-corrected chi connectivity index (χ3v) is 4.34. The summed E-state index contributed by atoms with van der Waals surface area (Å²) in [7, 11) is 0. The quantitative estimate of drug-likeness (QED) is 0.574. The zero-order chi connectivity index (χ0) is 15.9. The van der Waals surface area contributed by atoms with Crippen LogP contribution in [-0.4, -0.2) is 0 Å². The van der Waals surface area contributed by atoms with E-state index >= 15 is 0 Å². The van der Waals surface area contributed by atoms with Crippen LogP contribution in [0, 0.1) is 6.92 Å². The molecule has 22 heavy (non-hydrogen) atoms. The molecule has 3 nitrogen and oxygen atoms in total. The van der Waals surface area contributed by atoms with Gasteiger partial charge in [0.05, 0.1) is 9.86 Å². The fourth-order valence-corrected chi connectivity index (χ4v) is 3.33. The first kappa shape index (κ1) is 15.2. The molecule has 0 saturated carbocycles. The van der Waals surface area contributed by atoms with E-state index < -0.39 is 0 Å². The predicted molar refractivity (Wildman–Crippen MR) is 94.3 cm³/mol. The number of aryl methyl sites for hydroxylation is 1. The summed E-state index contributed by atoms with van der Waals surface area (Å²) < 4.78 is 6.69. The Kier molecular flexibility index (Phi) is 4.02. The standard InChI is InChI=1S/C17H10Br2O3/c1-9-2-4-10(5-3-9)15-8-14(20)12-6-11(18)7-13(19)16(21)17(12)22-15/h2-8H,1H3. The summed E-state index contributed by atoms with van der Waals surface area (Å²) in [6, 6.07) is 12.2. The fraction of sp³-hybridized carbons (Fsp3) is 0.0588. The van der Waals surface area contributed by atoms with Crippen molar-refractivity contribution in [1.82, 2.24) is 0 Å². The lowest BCUT2D eigenvalue weighted by molar-refractivity contribution is 0.616. The van der Waals surface area contributed by atoms with E-state index in [1.54, 1.807) is 12.1 Å². The van der Waals surface area contributed by atoms with Crippen LogP contribution in [0.5, 0.6) is 0 Å². The SMILES string of the molecule is Cc1ccc(-c2cc(=O)c3cc(Br)cc(Br)c(=O)c3o2)cc1. The number of halogens is 2. The van der Waals surface area contributed by atoms with Gasteiger partial charge in [-0.05, 0) is 35.0 Å². The molecule has 0 aliphatic heterocycles. The summed E-state index contributed by atoms with van der Waals surface area (Å²) in [6.07, 6.45) is 0. The van der Waals surface area contributed by atoms with E-state index in [-0.39, 0.29) is 21.8 Å². The van der Waals surface area contributed by atoms with E-state index in [0.29, 0.717) is 14.7 Å². The van der Waals surface area contributed by atoms with E-state index in [9.17, 15) is 9.59 Å². The number of fused-ring (bicyclic) bond motifs is 1. The largest absolute Gasteiger partial charge is 0.452 e. The van der Waals surface area contributed by atoms with Crippen molar-refractivity contribution in [2.75, 3.05) is 0 Å². The van der Waals surface area contributed by atoms with Gasteiger partial charge in [-0.15, -0.1) is 0 Å². The van der Waals surface area contributed by atoms with Crippen molar-refractivity contribution in [1.29, 1.82) is 0 Å². The molecule has 0 fully saturated rings. The smallest absolute Gasteiger partial charge is 0.235 e. The van der Waals surface area contributed by atoms with Crippen molar-refractivity contribution in [3.8, 4) is 11.3 Å². The molecule has 3 aromatic rings. The number of rotatable bonds is 1. The van der Waals surface area contributed by atoms with Crippen LogP contribution in [-0.2, 0) is 0 Å². The highest BCUT2D eigenvalue weighted by Gasteiger charge is 2.11. The Balaban J connectivity index is 2.40. The lowest BCUT2D eigenvalue weighted by atomic mass is 10.1. The van der Waals surface area contributed by atoms with Gasteiger partial charge < -0.3 is 4.42 Å². The van der Waals surface area contributed by atoms with Gasteiger partial charge in [-0.3, -0.25) is 9.59 Å². The highest BCUT2D eigenvalue weighted by Crippen LogP contribution is 2.23. The van der Waals surface area contributed by atoms with Crippen molar-refractivity contribution >= 4 is 42.8 Å². The van der Waals surface area contributed by atoms with Crippen LogP contribution >= 0.6 is 31.9 Å². The zero-order valence-corrected chi connectivity index (χ0v) is 14.7. The Morgan fingerprint density at radius 2 is 1.64 bits per heavy atom. The molecule has 0 atom stereocenters. The average Bonchev–Trinajstić information content (AvgIpc) is 2.58. The van der Waals surface area contributed by atoms with E-state index in [4.69, 9.17) is 4.42 Å². The van der Waals surface area contributed by atoms with Crippen LogP contribution in [0.2, 0.25) is 0 Å². The molecule has 0 N–H and O–H groups in total. The van der Waals surface area contributed by atoms with E-state index in [1.807, 2.05) is 31.2 Å². The maximum atomic E-state index is 12.4. The molecule has 5 heteroatoms. The summed E-state index contributed by atoms with van der Waals surface area (Å²) in [5.74, 6) is 0.379. The molecular weight excluding hydrogens is 412 g/mol. The first-order chi connectivity index (χ1) is 10.5. The molecule has 0 amide bonds. The fourth-order valence-electron chi connectivity index (χ4n) is 2.14. The Hall–Kier alpha value is -1.72. The van der Waals surface area contributed by atoms with Crippen LogP contribution in [0.15, 0.2) is 65.4 Å². The minimum Gasteiger partial charge on any atom is -0.452 e. The minimum absolute atomic E-state index is 0.0423. The van der Waals surface area contributed by atoms with Crippen molar-refractivity contribution in [3.63, 3.8) is 0 Å². The summed E-state index contributed by atoms with van der Waals surface area (Å²) in [5, 5.41) is 0.249. The zero-order valence-electron chi connectivity index (χ0n) is 11.5. The third kappa shape index (κ3) is 2.78. The number of benzene rings is 1.